The molecule has 0 unspecified atom stereocenters. The van der Waals surface area contributed by atoms with Crippen LogP contribution < -0.4 is 15.5 Å². The van der Waals surface area contributed by atoms with Crippen LogP contribution in [0.1, 0.15) is 24.0 Å². The zero-order valence-electron chi connectivity index (χ0n) is 16.8. The second kappa shape index (κ2) is 11.5. The number of hydrazone groups is 1. The largest absolute Gasteiger partial charge is 0.488 e. The summed E-state index contributed by atoms with van der Waals surface area (Å²) in [6.07, 6.45) is 1.58. The number of halogens is 1. The molecule has 2 N–H and O–H groups in total. The molecule has 3 rings (SSSR count). The monoisotopic (exact) mass is 435 g/mol. The van der Waals surface area contributed by atoms with Crippen LogP contribution in [0.3, 0.4) is 0 Å². The van der Waals surface area contributed by atoms with Crippen molar-refractivity contribution < 1.29 is 14.3 Å². The lowest BCUT2D eigenvalue weighted by Crippen LogP contribution is -2.20. The van der Waals surface area contributed by atoms with Crippen molar-refractivity contribution in [1.82, 2.24) is 5.43 Å². The Labute approximate surface area is 185 Å². The Morgan fingerprint density at radius 2 is 1.55 bits per heavy atom. The van der Waals surface area contributed by atoms with Crippen molar-refractivity contribution in [2.75, 3.05) is 5.32 Å². The number of benzene rings is 3. The van der Waals surface area contributed by atoms with E-state index in [9.17, 15) is 9.59 Å². The summed E-state index contributed by atoms with van der Waals surface area (Å²) in [5.74, 6) is 0.0398. The number of amides is 2. The van der Waals surface area contributed by atoms with Gasteiger partial charge in [-0.1, -0.05) is 54.1 Å². The topological polar surface area (TPSA) is 79.8 Å². The van der Waals surface area contributed by atoms with Crippen molar-refractivity contribution >= 4 is 35.3 Å². The molecule has 158 valence electrons. The van der Waals surface area contributed by atoms with Gasteiger partial charge in [0.15, 0.2) is 0 Å². The van der Waals surface area contributed by atoms with E-state index in [0.717, 1.165) is 11.1 Å². The van der Waals surface area contributed by atoms with E-state index in [4.69, 9.17) is 16.3 Å². The average molecular weight is 436 g/mol. The number of rotatable bonds is 9. The van der Waals surface area contributed by atoms with Gasteiger partial charge in [0.1, 0.15) is 12.4 Å². The van der Waals surface area contributed by atoms with Crippen LogP contribution in [0.5, 0.6) is 5.75 Å². The third-order valence-electron chi connectivity index (χ3n) is 4.26. The summed E-state index contributed by atoms with van der Waals surface area (Å²) in [6, 6.07) is 24.0. The Bertz CT molecular complexity index is 1040. The highest BCUT2D eigenvalue weighted by Crippen LogP contribution is 2.17. The number of nitrogens with one attached hydrogen (secondary N) is 2. The first-order chi connectivity index (χ1) is 15.1. The normalized spacial score (nSPS) is 10.6. The van der Waals surface area contributed by atoms with Crippen molar-refractivity contribution in [2.45, 2.75) is 19.4 Å². The minimum absolute atomic E-state index is 0.0168. The Morgan fingerprint density at radius 3 is 2.32 bits per heavy atom. The summed E-state index contributed by atoms with van der Waals surface area (Å²) >= 11 is 5.81. The molecular formula is C24H22ClN3O3. The molecule has 3 aromatic rings. The molecule has 6 nitrogen and oxygen atoms in total. The van der Waals surface area contributed by atoms with Crippen LogP contribution in [0.2, 0.25) is 5.02 Å². The molecule has 31 heavy (non-hydrogen) atoms. The number of anilines is 1. The van der Waals surface area contributed by atoms with Crippen LogP contribution >= 0.6 is 11.6 Å². The maximum absolute atomic E-state index is 12.0. The van der Waals surface area contributed by atoms with Gasteiger partial charge in [-0.05, 0) is 42.0 Å². The van der Waals surface area contributed by atoms with Gasteiger partial charge in [-0.3, -0.25) is 9.59 Å². The molecule has 0 heterocycles. The standard InChI is InChI=1S/C24H22ClN3O3/c25-20-10-12-21(13-11-20)27-23(29)14-15-24(30)28-26-16-19-8-4-5-9-22(19)31-17-18-6-2-1-3-7-18/h1-13,16H,14-15,17H2,(H,27,29)(H,28,30)/b26-16-. The number of ether oxygens (including phenoxy) is 1. The zero-order valence-corrected chi connectivity index (χ0v) is 17.5. The molecule has 0 saturated carbocycles. The van der Waals surface area contributed by atoms with Gasteiger partial charge in [0.2, 0.25) is 11.8 Å². The summed E-state index contributed by atoms with van der Waals surface area (Å²) in [5, 5.41) is 7.27. The molecule has 3 aromatic carbocycles. The zero-order chi connectivity index (χ0) is 21.9. The summed E-state index contributed by atoms with van der Waals surface area (Å²) in [7, 11) is 0. The smallest absolute Gasteiger partial charge is 0.240 e. The van der Waals surface area contributed by atoms with E-state index in [1.807, 2.05) is 54.6 Å². The summed E-state index contributed by atoms with van der Waals surface area (Å²) in [4.78, 5) is 23.9. The van der Waals surface area contributed by atoms with E-state index >= 15 is 0 Å². The maximum Gasteiger partial charge on any atom is 0.240 e. The number of carbonyl (C=O) groups excluding carboxylic acids is 2. The van der Waals surface area contributed by atoms with Crippen molar-refractivity contribution in [1.29, 1.82) is 0 Å². The third kappa shape index (κ3) is 7.60. The third-order valence-corrected chi connectivity index (χ3v) is 4.51. The molecule has 0 radical (unpaired) electrons. The highest BCUT2D eigenvalue weighted by Gasteiger charge is 2.07. The van der Waals surface area contributed by atoms with Gasteiger partial charge in [0.25, 0.3) is 0 Å². The van der Waals surface area contributed by atoms with Crippen LogP contribution in [0.15, 0.2) is 84.0 Å². The lowest BCUT2D eigenvalue weighted by Gasteiger charge is -2.09. The molecule has 0 spiro atoms. The molecule has 2 amide bonds. The lowest BCUT2D eigenvalue weighted by molar-refractivity contribution is -0.124. The molecule has 0 bridgehead atoms. The molecule has 0 fully saturated rings. The second-order valence-corrected chi connectivity index (χ2v) is 7.10. The molecule has 0 aromatic heterocycles. The molecule has 0 aliphatic carbocycles. The van der Waals surface area contributed by atoms with Crippen LogP contribution in [0.4, 0.5) is 5.69 Å². The van der Waals surface area contributed by atoms with Crippen molar-refractivity contribution in [3.8, 4) is 5.75 Å². The van der Waals surface area contributed by atoms with Crippen LogP contribution in [0.25, 0.3) is 0 Å². The minimum atomic E-state index is -0.356. The fraction of sp³-hybridized carbons (Fsp3) is 0.125. The van der Waals surface area contributed by atoms with Crippen LogP contribution in [-0.4, -0.2) is 18.0 Å². The van der Waals surface area contributed by atoms with Gasteiger partial charge >= 0.3 is 0 Å². The molecule has 0 aliphatic rings. The highest BCUT2D eigenvalue weighted by molar-refractivity contribution is 6.30. The summed E-state index contributed by atoms with van der Waals surface area (Å²) in [6.45, 7) is 0.431. The van der Waals surface area contributed by atoms with Gasteiger partial charge in [0, 0.05) is 29.1 Å². The van der Waals surface area contributed by atoms with Gasteiger partial charge in [-0.25, -0.2) is 5.43 Å². The number of nitrogens with zero attached hydrogens (tertiary/aromatic N) is 1. The Kier molecular flexibility index (Phi) is 8.20. The Balaban J connectivity index is 1.45. The number of para-hydroxylation sites is 1. The van der Waals surface area contributed by atoms with Crippen LogP contribution in [-0.2, 0) is 16.2 Å². The Hall–Kier alpha value is -3.64. The number of hydrogen-bond acceptors (Lipinski definition) is 4. The van der Waals surface area contributed by atoms with Gasteiger partial charge in [-0.15, -0.1) is 0 Å². The van der Waals surface area contributed by atoms with E-state index in [-0.39, 0.29) is 24.7 Å². The molecule has 7 heteroatoms. The van der Waals surface area contributed by atoms with Gasteiger partial charge in [-0.2, -0.15) is 5.10 Å². The SMILES string of the molecule is O=C(CCC(=O)Nc1ccc(Cl)cc1)N/N=C\c1ccccc1OCc1ccccc1. The van der Waals surface area contributed by atoms with Crippen molar-refractivity contribution in [2.24, 2.45) is 5.10 Å². The van der Waals surface area contributed by atoms with E-state index in [1.54, 1.807) is 24.3 Å². The second-order valence-electron chi connectivity index (χ2n) is 6.66. The van der Waals surface area contributed by atoms with E-state index in [2.05, 4.69) is 15.8 Å². The summed E-state index contributed by atoms with van der Waals surface area (Å²) in [5.41, 5.74) is 4.85. The maximum atomic E-state index is 12.0. The molecule has 0 saturated heterocycles. The lowest BCUT2D eigenvalue weighted by atomic mass is 10.2. The predicted molar refractivity (Wildman–Crippen MR) is 122 cm³/mol. The molecular weight excluding hydrogens is 414 g/mol. The highest BCUT2D eigenvalue weighted by atomic mass is 35.5. The fourth-order valence-corrected chi connectivity index (χ4v) is 2.79. The Morgan fingerprint density at radius 1 is 0.871 bits per heavy atom. The molecule has 0 aliphatic heterocycles. The quantitative estimate of drug-likeness (QED) is 0.374. The molecule has 0 atom stereocenters. The fourth-order valence-electron chi connectivity index (χ4n) is 2.67. The first-order valence-electron chi connectivity index (χ1n) is 9.73. The van der Waals surface area contributed by atoms with Crippen molar-refractivity contribution in [3.05, 3.63) is 95.0 Å². The first kappa shape index (κ1) is 22.1. The van der Waals surface area contributed by atoms with Crippen LogP contribution in [0, 0.1) is 0 Å². The van der Waals surface area contributed by atoms with Crippen molar-refractivity contribution in [3.63, 3.8) is 0 Å². The number of hydrogen-bond donors (Lipinski definition) is 2. The van der Waals surface area contributed by atoms with Gasteiger partial charge < -0.3 is 10.1 Å². The van der Waals surface area contributed by atoms with E-state index in [1.165, 1.54) is 6.21 Å². The van der Waals surface area contributed by atoms with Gasteiger partial charge in [0.05, 0.1) is 6.21 Å². The minimum Gasteiger partial charge on any atom is -0.488 e. The van der Waals surface area contributed by atoms with E-state index < -0.39 is 0 Å². The number of carbonyl (C=O) groups is 2. The van der Waals surface area contributed by atoms with E-state index in [0.29, 0.717) is 23.1 Å². The average Bonchev–Trinajstić information content (AvgIpc) is 2.79. The first-order valence-corrected chi connectivity index (χ1v) is 10.1. The predicted octanol–water partition coefficient (Wildman–Crippen LogP) is 4.79. The summed E-state index contributed by atoms with van der Waals surface area (Å²) < 4.78 is 5.86.